The predicted octanol–water partition coefficient (Wildman–Crippen LogP) is 5.64. The van der Waals surface area contributed by atoms with Gasteiger partial charge in [-0.3, -0.25) is 0 Å². The molecule has 36 heavy (non-hydrogen) atoms. The quantitative estimate of drug-likeness (QED) is 0.386. The molecule has 0 saturated carbocycles. The highest BCUT2D eigenvalue weighted by Gasteiger charge is 2.35. The molecule has 0 bridgehead atoms. The molecular weight excluding hydrogens is 450 g/mol. The molecule has 186 valence electrons. The highest BCUT2D eigenvalue weighted by atomic mass is 16.5. The van der Waals surface area contributed by atoms with Gasteiger partial charge in [-0.25, -0.2) is 9.48 Å². The van der Waals surface area contributed by atoms with Gasteiger partial charge in [-0.05, 0) is 61.2 Å². The van der Waals surface area contributed by atoms with Gasteiger partial charge in [-0.1, -0.05) is 44.2 Å². The van der Waals surface area contributed by atoms with Gasteiger partial charge in [0.05, 0.1) is 36.8 Å². The lowest BCUT2D eigenvalue weighted by Crippen LogP contribution is -2.42. The third-order valence-corrected chi connectivity index (χ3v) is 6.78. The van der Waals surface area contributed by atoms with Crippen molar-refractivity contribution < 1.29 is 9.53 Å². The molecule has 1 atom stereocenters. The molecule has 4 aromatic rings. The number of amides is 2. The van der Waals surface area contributed by atoms with E-state index in [1.807, 2.05) is 65.0 Å². The highest BCUT2D eigenvalue weighted by Crippen LogP contribution is 2.38. The van der Waals surface area contributed by atoms with Gasteiger partial charge in [-0.15, -0.1) is 0 Å². The van der Waals surface area contributed by atoms with E-state index in [1.165, 1.54) is 0 Å². The average Bonchev–Trinajstić information content (AvgIpc) is 3.45. The van der Waals surface area contributed by atoms with Crippen molar-refractivity contribution in [1.82, 2.24) is 24.6 Å². The summed E-state index contributed by atoms with van der Waals surface area (Å²) in [5.41, 5.74) is 4.96. The molecular formula is C29H33N5O2. The molecule has 7 heteroatoms. The number of carbonyl (C=O) groups excluding carboxylic acids is 1. The molecule has 0 fully saturated rings. The third kappa shape index (κ3) is 4.37. The first-order valence-electron chi connectivity index (χ1n) is 12.5. The maximum atomic E-state index is 13.7. The smallest absolute Gasteiger partial charge is 0.318 e. The van der Waals surface area contributed by atoms with Gasteiger partial charge in [-0.2, -0.15) is 5.10 Å². The molecule has 0 saturated heterocycles. The Labute approximate surface area is 212 Å². The summed E-state index contributed by atoms with van der Waals surface area (Å²) in [5, 5.41) is 8.07. The molecule has 0 spiro atoms. The number of ether oxygens (including phenoxy) is 1. The minimum Gasteiger partial charge on any atom is -0.497 e. The van der Waals surface area contributed by atoms with Crippen LogP contribution in [-0.2, 0) is 6.54 Å². The van der Waals surface area contributed by atoms with Crippen molar-refractivity contribution in [3.8, 4) is 17.3 Å². The zero-order chi connectivity index (χ0) is 25.2. The zero-order valence-electron chi connectivity index (χ0n) is 21.3. The number of fused-ring (bicyclic) bond motifs is 3. The van der Waals surface area contributed by atoms with Crippen molar-refractivity contribution in [1.29, 1.82) is 0 Å². The van der Waals surface area contributed by atoms with E-state index in [-0.39, 0.29) is 12.1 Å². The molecule has 2 aromatic heterocycles. The SMILES string of the molecule is COc1ccc([C@H]2c3cccn3-c3c(c(C)nn3-c3ccccc3)CN2C(=O)NCCC(C)C)cc1. The lowest BCUT2D eigenvalue weighted by molar-refractivity contribution is 0.180. The Hall–Kier alpha value is -4.00. The number of hydrogen-bond acceptors (Lipinski definition) is 3. The maximum absolute atomic E-state index is 13.7. The van der Waals surface area contributed by atoms with Crippen molar-refractivity contribution in [3.63, 3.8) is 0 Å². The van der Waals surface area contributed by atoms with E-state index in [0.29, 0.717) is 19.0 Å². The molecule has 1 aliphatic heterocycles. The van der Waals surface area contributed by atoms with Crippen LogP contribution in [0.3, 0.4) is 0 Å². The first kappa shape index (κ1) is 23.7. The number of nitrogens with zero attached hydrogens (tertiary/aromatic N) is 4. The van der Waals surface area contributed by atoms with Crippen LogP contribution in [0.15, 0.2) is 72.9 Å². The van der Waals surface area contributed by atoms with Crippen LogP contribution in [0.5, 0.6) is 5.75 Å². The molecule has 2 aromatic carbocycles. The van der Waals surface area contributed by atoms with Crippen molar-refractivity contribution in [2.75, 3.05) is 13.7 Å². The Morgan fingerprint density at radius 1 is 1.08 bits per heavy atom. The molecule has 7 nitrogen and oxygen atoms in total. The molecule has 0 unspecified atom stereocenters. The predicted molar refractivity (Wildman–Crippen MR) is 141 cm³/mol. The van der Waals surface area contributed by atoms with Gasteiger partial charge in [0.25, 0.3) is 0 Å². The number of methoxy groups -OCH3 is 1. The molecule has 0 radical (unpaired) electrons. The maximum Gasteiger partial charge on any atom is 0.318 e. The Morgan fingerprint density at radius 2 is 1.83 bits per heavy atom. The summed E-state index contributed by atoms with van der Waals surface area (Å²) in [6.07, 6.45) is 2.99. The summed E-state index contributed by atoms with van der Waals surface area (Å²) in [5.74, 6) is 2.27. The summed E-state index contributed by atoms with van der Waals surface area (Å²) < 4.78 is 9.56. The second-order valence-electron chi connectivity index (χ2n) is 9.66. The number of urea groups is 1. The number of hydrogen-bond donors (Lipinski definition) is 1. The fourth-order valence-corrected chi connectivity index (χ4v) is 4.86. The largest absolute Gasteiger partial charge is 0.497 e. The van der Waals surface area contributed by atoms with E-state index in [1.54, 1.807) is 7.11 Å². The fraction of sp³-hybridized carbons (Fsp3) is 0.310. The molecule has 5 rings (SSSR count). The van der Waals surface area contributed by atoms with Crippen LogP contribution in [0.25, 0.3) is 11.5 Å². The third-order valence-electron chi connectivity index (χ3n) is 6.78. The lowest BCUT2D eigenvalue weighted by Gasteiger charge is -2.31. The second-order valence-corrected chi connectivity index (χ2v) is 9.66. The Kier molecular flexibility index (Phi) is 6.55. The van der Waals surface area contributed by atoms with Gasteiger partial charge in [0.1, 0.15) is 11.6 Å². The van der Waals surface area contributed by atoms with Gasteiger partial charge >= 0.3 is 6.03 Å². The number of benzene rings is 2. The number of nitrogens with one attached hydrogen (secondary N) is 1. The van der Waals surface area contributed by atoms with Crippen LogP contribution < -0.4 is 10.1 Å². The average molecular weight is 484 g/mol. The number of carbonyl (C=O) groups is 1. The van der Waals surface area contributed by atoms with E-state index in [0.717, 1.165) is 46.2 Å². The van der Waals surface area contributed by atoms with Crippen LogP contribution in [0, 0.1) is 12.8 Å². The second kappa shape index (κ2) is 9.93. The Balaban J connectivity index is 1.66. The summed E-state index contributed by atoms with van der Waals surface area (Å²) in [6, 6.07) is 21.9. The zero-order valence-corrected chi connectivity index (χ0v) is 21.3. The molecule has 1 aliphatic rings. The van der Waals surface area contributed by atoms with Gasteiger partial charge in [0.2, 0.25) is 0 Å². The number of aromatic nitrogens is 3. The topological polar surface area (TPSA) is 64.3 Å². The number of rotatable bonds is 6. The van der Waals surface area contributed by atoms with Crippen molar-refractivity contribution in [3.05, 3.63) is 95.4 Å². The molecule has 0 aliphatic carbocycles. The fourth-order valence-electron chi connectivity index (χ4n) is 4.86. The Morgan fingerprint density at radius 3 is 2.53 bits per heavy atom. The summed E-state index contributed by atoms with van der Waals surface area (Å²) in [4.78, 5) is 15.7. The Bertz CT molecular complexity index is 1340. The van der Waals surface area contributed by atoms with Crippen molar-refractivity contribution in [2.24, 2.45) is 5.92 Å². The van der Waals surface area contributed by atoms with Gasteiger partial charge in [0.15, 0.2) is 0 Å². The number of aryl methyl sites for hydroxylation is 1. The molecule has 2 amide bonds. The summed E-state index contributed by atoms with van der Waals surface area (Å²) in [6.45, 7) is 7.43. The van der Waals surface area contributed by atoms with Crippen LogP contribution in [0.4, 0.5) is 4.79 Å². The van der Waals surface area contributed by atoms with Crippen LogP contribution >= 0.6 is 0 Å². The van der Waals surface area contributed by atoms with Crippen LogP contribution in [0.1, 0.15) is 48.8 Å². The standard InChI is InChI=1S/C29H33N5O2/c1-20(2)16-17-30-29(35)33-19-25-21(3)31-34(23-9-6-5-7-10-23)28(25)32-18-8-11-26(32)27(33)22-12-14-24(36-4)15-13-22/h5-15,18,20,27H,16-17,19H2,1-4H3,(H,30,35)/t27-/m0/s1. The normalized spacial score (nSPS) is 14.8. The van der Waals surface area contributed by atoms with E-state index >= 15 is 0 Å². The number of para-hydroxylation sites is 1. The van der Waals surface area contributed by atoms with Gasteiger partial charge in [0, 0.05) is 18.3 Å². The molecule has 1 N–H and O–H groups in total. The van der Waals surface area contributed by atoms with E-state index in [2.05, 4.69) is 48.1 Å². The minimum atomic E-state index is -0.277. The summed E-state index contributed by atoms with van der Waals surface area (Å²) >= 11 is 0. The van der Waals surface area contributed by atoms with Crippen LogP contribution in [-0.4, -0.2) is 38.9 Å². The van der Waals surface area contributed by atoms with Gasteiger partial charge < -0.3 is 19.5 Å². The van der Waals surface area contributed by atoms with E-state index < -0.39 is 0 Å². The summed E-state index contributed by atoms with van der Waals surface area (Å²) in [7, 11) is 1.66. The van der Waals surface area contributed by atoms with Crippen molar-refractivity contribution >= 4 is 6.03 Å². The first-order chi connectivity index (χ1) is 17.5. The molecule has 3 heterocycles. The van der Waals surface area contributed by atoms with E-state index in [9.17, 15) is 4.79 Å². The lowest BCUT2D eigenvalue weighted by atomic mass is 10.0. The monoisotopic (exact) mass is 483 g/mol. The first-order valence-corrected chi connectivity index (χ1v) is 12.5. The van der Waals surface area contributed by atoms with E-state index in [4.69, 9.17) is 9.84 Å². The van der Waals surface area contributed by atoms with Crippen molar-refractivity contribution in [2.45, 2.75) is 39.8 Å². The minimum absolute atomic E-state index is 0.0797. The van der Waals surface area contributed by atoms with Crippen LogP contribution in [0.2, 0.25) is 0 Å². The highest BCUT2D eigenvalue weighted by molar-refractivity contribution is 5.76.